The monoisotopic (exact) mass is 446 g/mol. The molecule has 0 spiro atoms. The molecule has 0 aliphatic heterocycles. The van der Waals surface area contributed by atoms with Gasteiger partial charge in [0.15, 0.2) is 0 Å². The lowest BCUT2D eigenvalue weighted by Crippen LogP contribution is -2.24. The molecule has 1 aliphatic carbocycles. The van der Waals surface area contributed by atoms with Crippen LogP contribution in [0.2, 0.25) is 0 Å². The van der Waals surface area contributed by atoms with Crippen molar-refractivity contribution in [1.82, 2.24) is 0 Å². The lowest BCUT2D eigenvalue weighted by atomic mass is 9.83. The van der Waals surface area contributed by atoms with Crippen molar-refractivity contribution in [2.24, 2.45) is 0 Å². The number of ether oxygens (including phenoxy) is 3. The van der Waals surface area contributed by atoms with Crippen molar-refractivity contribution in [1.29, 1.82) is 0 Å². The molecule has 0 saturated heterocycles. The van der Waals surface area contributed by atoms with Crippen LogP contribution in [0.4, 0.5) is 0 Å². The summed E-state index contributed by atoms with van der Waals surface area (Å²) in [5, 5.41) is 9.35. The van der Waals surface area contributed by atoms with Crippen molar-refractivity contribution in [2.45, 2.75) is 37.7 Å². The third-order valence-electron chi connectivity index (χ3n) is 5.94. The van der Waals surface area contributed by atoms with E-state index in [1.807, 2.05) is 24.3 Å². The molecule has 1 fully saturated rings. The molecule has 0 heterocycles. The van der Waals surface area contributed by atoms with E-state index in [4.69, 9.17) is 14.2 Å². The molecular formula is C27H26O6. The number of carbonyl (C=O) groups is 2. The maximum Gasteiger partial charge on any atom is 0.343 e. The van der Waals surface area contributed by atoms with Crippen LogP contribution in [0.3, 0.4) is 0 Å². The number of carbonyl (C=O) groups excluding carboxylic acids is 2. The predicted octanol–water partition coefficient (Wildman–Crippen LogP) is 5.50. The Bertz CT molecular complexity index is 1080. The molecule has 1 N–H and O–H groups in total. The van der Waals surface area contributed by atoms with Crippen LogP contribution in [0.15, 0.2) is 72.8 Å². The molecule has 1 saturated carbocycles. The molecule has 0 unspecified atom stereocenters. The van der Waals surface area contributed by atoms with Gasteiger partial charge in [0.1, 0.15) is 23.4 Å². The molecule has 33 heavy (non-hydrogen) atoms. The summed E-state index contributed by atoms with van der Waals surface area (Å²) in [6.45, 7) is 0. The van der Waals surface area contributed by atoms with E-state index in [2.05, 4.69) is 0 Å². The number of rotatable bonds is 6. The van der Waals surface area contributed by atoms with Crippen LogP contribution in [0.1, 0.15) is 57.9 Å². The Balaban J connectivity index is 1.27. The number of hydrogen-bond donors (Lipinski definition) is 1. The highest BCUT2D eigenvalue weighted by Gasteiger charge is 2.25. The quantitative estimate of drug-likeness (QED) is 0.398. The molecule has 1 aliphatic rings. The first-order valence-electron chi connectivity index (χ1n) is 11.0. The summed E-state index contributed by atoms with van der Waals surface area (Å²) in [7, 11) is 1.58. The summed E-state index contributed by atoms with van der Waals surface area (Å²) in [5.41, 5.74) is 2.08. The highest BCUT2D eigenvalue weighted by Crippen LogP contribution is 2.35. The highest BCUT2D eigenvalue weighted by atomic mass is 16.5. The van der Waals surface area contributed by atoms with Gasteiger partial charge in [-0.3, -0.25) is 0 Å². The fourth-order valence-electron chi connectivity index (χ4n) is 4.03. The predicted molar refractivity (Wildman–Crippen MR) is 123 cm³/mol. The normalized spacial score (nSPS) is 17.7. The van der Waals surface area contributed by atoms with E-state index in [0.29, 0.717) is 28.5 Å². The van der Waals surface area contributed by atoms with Crippen molar-refractivity contribution in [3.05, 3.63) is 89.5 Å². The van der Waals surface area contributed by atoms with Crippen LogP contribution in [0.5, 0.6) is 17.2 Å². The third kappa shape index (κ3) is 5.71. The van der Waals surface area contributed by atoms with E-state index in [1.165, 1.54) is 17.7 Å². The van der Waals surface area contributed by atoms with Gasteiger partial charge in [-0.1, -0.05) is 12.1 Å². The average Bonchev–Trinajstić information content (AvgIpc) is 2.85. The smallest absolute Gasteiger partial charge is 0.343 e. The summed E-state index contributed by atoms with van der Waals surface area (Å²) in [5.74, 6) is 0.896. The molecule has 4 rings (SSSR count). The summed E-state index contributed by atoms with van der Waals surface area (Å²) >= 11 is 0. The van der Waals surface area contributed by atoms with Crippen LogP contribution < -0.4 is 9.47 Å². The number of benzene rings is 3. The van der Waals surface area contributed by atoms with E-state index in [0.717, 1.165) is 25.7 Å². The number of phenolic OH excluding ortho intramolecular Hbond substituents is 1. The third-order valence-corrected chi connectivity index (χ3v) is 5.94. The summed E-state index contributed by atoms with van der Waals surface area (Å²) < 4.78 is 16.2. The van der Waals surface area contributed by atoms with Gasteiger partial charge in [-0.2, -0.15) is 0 Å². The zero-order valence-corrected chi connectivity index (χ0v) is 18.4. The summed E-state index contributed by atoms with van der Waals surface area (Å²) in [4.78, 5) is 24.6. The zero-order valence-electron chi connectivity index (χ0n) is 18.4. The standard InChI is InChI=1S/C27H26O6/c1-31-23-12-8-21(9-13-23)27(30)33-25-16-6-19(7-17-25)18-4-14-24(15-5-18)32-26(29)20-2-10-22(28)11-3-20/h2-3,6-13,16-18,24,28H,4-5,14-15H2,1H3. The van der Waals surface area contributed by atoms with Crippen LogP contribution in [-0.4, -0.2) is 30.3 Å². The van der Waals surface area contributed by atoms with Crippen LogP contribution in [0.25, 0.3) is 0 Å². The van der Waals surface area contributed by atoms with E-state index < -0.39 is 5.97 Å². The first kappa shape index (κ1) is 22.4. The Labute approximate surface area is 192 Å². The molecular weight excluding hydrogens is 420 g/mol. The minimum absolute atomic E-state index is 0.104. The Kier molecular flexibility index (Phi) is 6.93. The van der Waals surface area contributed by atoms with Gasteiger partial charge in [0.2, 0.25) is 0 Å². The topological polar surface area (TPSA) is 82.1 Å². The minimum Gasteiger partial charge on any atom is -0.508 e. The maximum absolute atomic E-state index is 12.3. The fourth-order valence-corrected chi connectivity index (χ4v) is 4.03. The molecule has 3 aromatic rings. The largest absolute Gasteiger partial charge is 0.508 e. The first-order chi connectivity index (χ1) is 16.0. The van der Waals surface area contributed by atoms with Crippen molar-refractivity contribution >= 4 is 11.9 Å². The molecule has 0 amide bonds. The highest BCUT2D eigenvalue weighted by molar-refractivity contribution is 5.91. The van der Waals surface area contributed by atoms with Gasteiger partial charge < -0.3 is 19.3 Å². The zero-order chi connectivity index (χ0) is 23.2. The van der Waals surface area contributed by atoms with Crippen molar-refractivity contribution < 1.29 is 28.9 Å². The van der Waals surface area contributed by atoms with E-state index in [9.17, 15) is 14.7 Å². The van der Waals surface area contributed by atoms with Gasteiger partial charge in [0.05, 0.1) is 18.2 Å². The fraction of sp³-hybridized carbons (Fsp3) is 0.259. The SMILES string of the molecule is COc1ccc(C(=O)Oc2ccc(C3CCC(OC(=O)c4ccc(O)cc4)CC3)cc2)cc1. The van der Waals surface area contributed by atoms with Gasteiger partial charge in [0, 0.05) is 0 Å². The van der Waals surface area contributed by atoms with Crippen LogP contribution in [-0.2, 0) is 4.74 Å². The van der Waals surface area contributed by atoms with Gasteiger partial charge in [-0.05, 0) is 97.8 Å². The van der Waals surface area contributed by atoms with Crippen molar-refractivity contribution in [3.8, 4) is 17.2 Å². The van der Waals surface area contributed by atoms with Gasteiger partial charge in [0.25, 0.3) is 0 Å². The van der Waals surface area contributed by atoms with E-state index in [-0.39, 0.29) is 17.8 Å². The second kappa shape index (κ2) is 10.2. The summed E-state index contributed by atoms with van der Waals surface area (Å²) in [6.07, 6.45) is 3.31. The lowest BCUT2D eigenvalue weighted by Gasteiger charge is -2.28. The Hall–Kier alpha value is -3.80. The number of phenols is 1. The Morgan fingerprint density at radius 3 is 1.88 bits per heavy atom. The minimum atomic E-state index is -0.415. The van der Waals surface area contributed by atoms with E-state index in [1.54, 1.807) is 43.5 Å². The number of esters is 2. The second-order valence-corrected chi connectivity index (χ2v) is 8.11. The lowest BCUT2D eigenvalue weighted by molar-refractivity contribution is 0.0195. The average molecular weight is 446 g/mol. The number of methoxy groups -OCH3 is 1. The molecule has 170 valence electrons. The van der Waals surface area contributed by atoms with Gasteiger partial charge in [-0.15, -0.1) is 0 Å². The Morgan fingerprint density at radius 2 is 1.27 bits per heavy atom. The van der Waals surface area contributed by atoms with Crippen LogP contribution >= 0.6 is 0 Å². The van der Waals surface area contributed by atoms with Gasteiger partial charge in [-0.25, -0.2) is 9.59 Å². The van der Waals surface area contributed by atoms with Crippen LogP contribution in [0, 0.1) is 0 Å². The Morgan fingerprint density at radius 1 is 0.727 bits per heavy atom. The first-order valence-corrected chi connectivity index (χ1v) is 11.0. The van der Waals surface area contributed by atoms with Gasteiger partial charge >= 0.3 is 11.9 Å². The molecule has 6 nitrogen and oxygen atoms in total. The maximum atomic E-state index is 12.3. The summed E-state index contributed by atoms with van der Waals surface area (Å²) in [6, 6.07) is 20.5. The van der Waals surface area contributed by atoms with E-state index >= 15 is 0 Å². The molecule has 3 aromatic carbocycles. The molecule has 0 atom stereocenters. The second-order valence-electron chi connectivity index (χ2n) is 8.11. The molecule has 0 aromatic heterocycles. The molecule has 6 heteroatoms. The number of aromatic hydroxyl groups is 1. The van der Waals surface area contributed by atoms with Crippen molar-refractivity contribution in [2.75, 3.05) is 7.11 Å². The molecule has 0 radical (unpaired) electrons. The molecule has 0 bridgehead atoms. The number of hydrogen-bond acceptors (Lipinski definition) is 6. The van der Waals surface area contributed by atoms with Crippen molar-refractivity contribution in [3.63, 3.8) is 0 Å².